The van der Waals surface area contributed by atoms with Gasteiger partial charge in [-0.05, 0) is 30.0 Å². The van der Waals surface area contributed by atoms with Crippen LogP contribution in [0.5, 0.6) is 0 Å². The van der Waals surface area contributed by atoms with Crippen molar-refractivity contribution in [3.63, 3.8) is 0 Å². The van der Waals surface area contributed by atoms with E-state index in [1.54, 1.807) is 13.8 Å². The number of amides is 1. The minimum atomic E-state index is -4.83. The van der Waals surface area contributed by atoms with Gasteiger partial charge in [-0.15, -0.1) is 0 Å². The molecule has 1 aliphatic carbocycles. The predicted octanol–water partition coefficient (Wildman–Crippen LogP) is 2.45. The van der Waals surface area contributed by atoms with Crippen molar-refractivity contribution >= 4 is 27.4 Å². The average molecular weight is 502 g/mol. The molecular formula is C21H26F3N5O4S. The Labute approximate surface area is 195 Å². The fourth-order valence-corrected chi connectivity index (χ4v) is 4.61. The minimum Gasteiger partial charge on any atom is -0.383 e. The Morgan fingerprint density at radius 2 is 1.91 bits per heavy atom. The first-order valence-electron chi connectivity index (χ1n) is 10.3. The molecule has 186 valence electrons. The zero-order valence-electron chi connectivity index (χ0n) is 19.2. The molecule has 0 spiro atoms. The molecule has 3 N–H and O–H groups in total. The lowest BCUT2D eigenvalue weighted by atomic mass is 9.75. The third-order valence-electron chi connectivity index (χ3n) is 5.56. The van der Waals surface area contributed by atoms with Gasteiger partial charge in [0.1, 0.15) is 0 Å². The van der Waals surface area contributed by atoms with Crippen molar-refractivity contribution in [2.24, 2.45) is 11.1 Å². The normalized spacial score (nSPS) is 15.9. The first-order valence-corrected chi connectivity index (χ1v) is 11.9. The molecule has 13 heteroatoms. The van der Waals surface area contributed by atoms with Crippen LogP contribution >= 0.6 is 0 Å². The largest absolute Gasteiger partial charge is 0.435 e. The third-order valence-corrected chi connectivity index (χ3v) is 7.39. The lowest BCUT2D eigenvalue weighted by molar-refractivity contribution is -0.141. The number of nitrogens with two attached hydrogens (primary N) is 1. The van der Waals surface area contributed by atoms with Crippen molar-refractivity contribution in [3.8, 4) is 5.69 Å². The van der Waals surface area contributed by atoms with E-state index in [1.807, 2.05) is 0 Å². The van der Waals surface area contributed by atoms with Crippen LogP contribution in [0.1, 0.15) is 52.4 Å². The van der Waals surface area contributed by atoms with E-state index in [-0.39, 0.29) is 47.8 Å². The van der Waals surface area contributed by atoms with Crippen LogP contribution in [0.2, 0.25) is 0 Å². The number of benzene rings is 1. The highest BCUT2D eigenvalue weighted by atomic mass is 32.2. The van der Waals surface area contributed by atoms with E-state index >= 15 is 0 Å². The zero-order valence-corrected chi connectivity index (χ0v) is 20.0. The van der Waals surface area contributed by atoms with E-state index in [0.29, 0.717) is 0 Å². The molecule has 0 saturated carbocycles. The van der Waals surface area contributed by atoms with Crippen molar-refractivity contribution in [3.05, 3.63) is 40.7 Å². The van der Waals surface area contributed by atoms with Gasteiger partial charge in [0.15, 0.2) is 11.5 Å². The highest BCUT2D eigenvalue weighted by molar-refractivity contribution is 7.89. The van der Waals surface area contributed by atoms with Crippen LogP contribution in [0, 0.1) is 5.41 Å². The van der Waals surface area contributed by atoms with E-state index in [1.165, 1.54) is 32.3 Å². The minimum absolute atomic E-state index is 0.0273. The second kappa shape index (κ2) is 8.69. The molecule has 0 aliphatic heterocycles. The van der Waals surface area contributed by atoms with Crippen LogP contribution in [0.4, 0.5) is 18.9 Å². The number of nitrogens with one attached hydrogen (secondary N) is 1. The average Bonchev–Trinajstić information content (AvgIpc) is 3.06. The Morgan fingerprint density at radius 3 is 2.47 bits per heavy atom. The number of nitrogens with zero attached hydrogens (tertiary/aromatic N) is 3. The van der Waals surface area contributed by atoms with Gasteiger partial charge in [0.05, 0.1) is 28.3 Å². The molecule has 1 aliphatic rings. The Bertz CT molecular complexity index is 1250. The molecule has 1 aromatic carbocycles. The number of fused-ring (bicyclic) bond motifs is 1. The second-order valence-corrected chi connectivity index (χ2v) is 11.4. The monoisotopic (exact) mass is 501 g/mol. The van der Waals surface area contributed by atoms with E-state index in [9.17, 15) is 31.2 Å². The maximum atomic E-state index is 13.7. The number of Topliss-reactive ketones (excluding diaryl/α,β-unsaturated/α-hetero) is 1. The predicted molar refractivity (Wildman–Crippen MR) is 119 cm³/mol. The number of carbonyl (C=O) groups excluding carboxylic acids is 2. The topological polar surface area (TPSA) is 127 Å². The molecule has 2 aromatic rings. The van der Waals surface area contributed by atoms with Crippen LogP contribution in [-0.4, -0.2) is 60.6 Å². The molecule has 0 unspecified atom stereocenters. The lowest BCUT2D eigenvalue weighted by Gasteiger charge is -2.29. The van der Waals surface area contributed by atoms with Crippen molar-refractivity contribution in [2.45, 2.75) is 32.9 Å². The summed E-state index contributed by atoms with van der Waals surface area (Å²) in [5.74, 6) is -1.73. The summed E-state index contributed by atoms with van der Waals surface area (Å²) in [6.45, 7) is 3.49. The van der Waals surface area contributed by atoms with Gasteiger partial charge in [-0.3, -0.25) is 9.59 Å². The summed E-state index contributed by atoms with van der Waals surface area (Å²) in [5.41, 5.74) is 3.60. The Kier molecular flexibility index (Phi) is 6.57. The highest BCUT2D eigenvalue weighted by Crippen LogP contribution is 2.42. The van der Waals surface area contributed by atoms with Gasteiger partial charge in [-0.1, -0.05) is 13.8 Å². The third kappa shape index (κ3) is 5.09. The number of sulfonamides is 1. The number of primary amides is 1. The van der Waals surface area contributed by atoms with Gasteiger partial charge in [-0.2, -0.15) is 18.3 Å². The number of hydrogen-bond acceptors (Lipinski definition) is 6. The van der Waals surface area contributed by atoms with Crippen LogP contribution in [-0.2, 0) is 22.6 Å². The summed E-state index contributed by atoms with van der Waals surface area (Å²) in [5, 5.41) is 6.55. The van der Waals surface area contributed by atoms with Gasteiger partial charge in [-0.25, -0.2) is 17.4 Å². The number of ketones is 1. The van der Waals surface area contributed by atoms with Gasteiger partial charge in [0.2, 0.25) is 10.0 Å². The lowest BCUT2D eigenvalue weighted by Crippen LogP contribution is -2.29. The molecule has 1 amide bonds. The number of carbonyl (C=O) groups is 2. The summed E-state index contributed by atoms with van der Waals surface area (Å²) in [6, 6.07) is 4.06. The number of alkyl halides is 3. The molecule has 34 heavy (non-hydrogen) atoms. The molecule has 0 bridgehead atoms. The van der Waals surface area contributed by atoms with E-state index < -0.39 is 44.6 Å². The van der Waals surface area contributed by atoms with Crippen molar-refractivity contribution < 1.29 is 31.2 Å². The van der Waals surface area contributed by atoms with E-state index in [0.717, 1.165) is 8.99 Å². The maximum absolute atomic E-state index is 13.7. The first kappa shape index (κ1) is 25.7. The summed E-state index contributed by atoms with van der Waals surface area (Å²) >= 11 is 0. The van der Waals surface area contributed by atoms with Gasteiger partial charge in [0, 0.05) is 32.7 Å². The van der Waals surface area contributed by atoms with E-state index in [2.05, 4.69) is 10.4 Å². The smallest absolute Gasteiger partial charge is 0.383 e. The van der Waals surface area contributed by atoms with Gasteiger partial charge < -0.3 is 11.1 Å². The zero-order chi connectivity index (χ0) is 25.6. The summed E-state index contributed by atoms with van der Waals surface area (Å²) < 4.78 is 67.2. The highest BCUT2D eigenvalue weighted by Gasteiger charge is 2.45. The first-order chi connectivity index (χ1) is 15.5. The SMILES string of the molecule is CN(C)S(=O)(=O)CCNc1cc(-n2nc(C(F)(F)F)c3c2CC(C)(C)CC3=O)ccc1C(N)=O. The van der Waals surface area contributed by atoms with Crippen LogP contribution in [0.25, 0.3) is 5.69 Å². The molecule has 9 nitrogen and oxygen atoms in total. The van der Waals surface area contributed by atoms with Crippen LogP contribution < -0.4 is 11.1 Å². The number of halogens is 3. The number of aromatic nitrogens is 2. The summed E-state index contributed by atoms with van der Waals surface area (Å²) in [6.07, 6.45) is -4.69. The maximum Gasteiger partial charge on any atom is 0.435 e. The Morgan fingerprint density at radius 1 is 1.26 bits per heavy atom. The standard InChI is InChI=1S/C21H26F3N5O4S/c1-20(2)10-15-17(16(30)11-20)18(21(22,23)24)27-29(15)12-5-6-13(19(25)31)14(9-12)26-7-8-34(32,33)28(3)4/h5-6,9,26H,7-8,10-11H2,1-4H3,(H2,25,31). The van der Waals surface area contributed by atoms with Gasteiger partial charge in [0.25, 0.3) is 5.91 Å². The fraction of sp³-hybridized carbons (Fsp3) is 0.476. The molecular weight excluding hydrogens is 475 g/mol. The van der Waals surface area contributed by atoms with E-state index in [4.69, 9.17) is 5.73 Å². The summed E-state index contributed by atoms with van der Waals surface area (Å²) in [7, 11) is -0.770. The van der Waals surface area contributed by atoms with Crippen LogP contribution in [0.3, 0.4) is 0 Å². The van der Waals surface area contributed by atoms with Gasteiger partial charge >= 0.3 is 6.18 Å². The molecule has 0 atom stereocenters. The van der Waals surface area contributed by atoms with Crippen LogP contribution in [0.15, 0.2) is 18.2 Å². The molecule has 0 fully saturated rings. The fourth-order valence-electron chi connectivity index (χ4n) is 3.88. The molecule has 1 heterocycles. The second-order valence-electron chi connectivity index (χ2n) is 9.14. The molecule has 0 saturated heterocycles. The molecule has 3 rings (SSSR count). The number of anilines is 1. The molecule has 1 aromatic heterocycles. The Hall–Kier alpha value is -2.93. The van der Waals surface area contributed by atoms with Crippen molar-refractivity contribution in [1.82, 2.24) is 14.1 Å². The number of rotatable bonds is 7. The number of hydrogen-bond donors (Lipinski definition) is 2. The molecule has 0 radical (unpaired) electrons. The quantitative estimate of drug-likeness (QED) is 0.600. The Balaban J connectivity index is 2.09. The van der Waals surface area contributed by atoms with Crippen molar-refractivity contribution in [2.75, 3.05) is 31.7 Å². The van der Waals surface area contributed by atoms with Crippen molar-refractivity contribution in [1.29, 1.82) is 0 Å². The summed E-state index contributed by atoms with van der Waals surface area (Å²) in [4.78, 5) is 24.5.